The number of benzene rings is 1. The van der Waals surface area contributed by atoms with Crippen LogP contribution in [0.4, 0.5) is 0 Å². The Balaban J connectivity index is 0.00000156. The smallest absolute Gasteiger partial charge is 0.242 e. The van der Waals surface area contributed by atoms with Crippen LogP contribution in [-0.4, -0.2) is 39.5 Å². The molecule has 2 aliphatic rings. The Bertz CT molecular complexity index is 728. The molecule has 5 nitrogen and oxygen atoms in total. The molecular formula is C17H23ClN4O. The van der Waals surface area contributed by atoms with Crippen molar-refractivity contribution in [1.82, 2.24) is 14.5 Å². The van der Waals surface area contributed by atoms with Crippen molar-refractivity contribution in [2.24, 2.45) is 17.6 Å². The summed E-state index contributed by atoms with van der Waals surface area (Å²) in [6, 6.07) is 8.26. The molecule has 1 aromatic heterocycles. The number of imidazole rings is 1. The highest BCUT2D eigenvalue weighted by Crippen LogP contribution is 2.37. The molecular weight excluding hydrogens is 312 g/mol. The molecule has 4 rings (SSSR count). The first-order valence-electron chi connectivity index (χ1n) is 8.08. The first kappa shape index (κ1) is 16.3. The normalized spacial score (nSPS) is 26.3. The molecule has 2 aromatic rings. The molecule has 124 valence electrons. The zero-order valence-corrected chi connectivity index (χ0v) is 14.1. The Morgan fingerprint density at radius 2 is 2.09 bits per heavy atom. The van der Waals surface area contributed by atoms with Gasteiger partial charge in [-0.15, -0.1) is 12.4 Å². The fraction of sp³-hybridized carbons (Fsp3) is 0.529. The number of fused-ring (bicyclic) bond motifs is 2. The molecule has 1 aliphatic carbocycles. The first-order valence-corrected chi connectivity index (χ1v) is 8.08. The standard InChI is InChI=1S/C17H22N4O.ClH/c1-11-19-15-4-2-3-5-16(15)21(11)10-17(22)20-8-12-6-7-14(18)13(12)9-20;/h2-5,12-14H,6-10,18H2,1H3;1H. The quantitative estimate of drug-likeness (QED) is 0.913. The summed E-state index contributed by atoms with van der Waals surface area (Å²) in [4.78, 5) is 19.2. The number of para-hydroxylation sites is 2. The number of carbonyl (C=O) groups is 1. The van der Waals surface area contributed by atoms with Crippen LogP contribution in [0.2, 0.25) is 0 Å². The van der Waals surface area contributed by atoms with Gasteiger partial charge in [-0.1, -0.05) is 12.1 Å². The molecule has 0 spiro atoms. The number of likely N-dealkylation sites (tertiary alicyclic amines) is 1. The predicted molar refractivity (Wildman–Crippen MR) is 92.5 cm³/mol. The number of nitrogens with two attached hydrogens (primary N) is 1. The Morgan fingerprint density at radius 3 is 2.87 bits per heavy atom. The van der Waals surface area contributed by atoms with Gasteiger partial charge in [-0.2, -0.15) is 0 Å². The molecule has 23 heavy (non-hydrogen) atoms. The molecule has 2 heterocycles. The maximum absolute atomic E-state index is 12.7. The Labute approximate surface area is 142 Å². The van der Waals surface area contributed by atoms with E-state index in [-0.39, 0.29) is 24.4 Å². The third-order valence-corrected chi connectivity index (χ3v) is 5.40. The first-order chi connectivity index (χ1) is 10.6. The summed E-state index contributed by atoms with van der Waals surface area (Å²) in [6.07, 6.45) is 2.28. The number of carbonyl (C=O) groups excluding carboxylic acids is 1. The van der Waals surface area contributed by atoms with E-state index in [9.17, 15) is 4.79 Å². The largest absolute Gasteiger partial charge is 0.341 e. The van der Waals surface area contributed by atoms with Crippen molar-refractivity contribution < 1.29 is 4.79 Å². The van der Waals surface area contributed by atoms with E-state index in [1.807, 2.05) is 40.7 Å². The summed E-state index contributed by atoms with van der Waals surface area (Å²) in [7, 11) is 0. The summed E-state index contributed by atoms with van der Waals surface area (Å²) >= 11 is 0. The second kappa shape index (κ2) is 6.13. The molecule has 3 unspecified atom stereocenters. The van der Waals surface area contributed by atoms with Crippen LogP contribution in [0.3, 0.4) is 0 Å². The highest BCUT2D eigenvalue weighted by atomic mass is 35.5. The average Bonchev–Trinajstić information content (AvgIpc) is 3.15. The third kappa shape index (κ3) is 2.72. The SMILES string of the molecule is Cc1nc2ccccc2n1CC(=O)N1CC2CCC(N)C2C1.Cl. The molecule has 1 aromatic carbocycles. The summed E-state index contributed by atoms with van der Waals surface area (Å²) < 4.78 is 2.02. The molecule has 3 atom stereocenters. The molecule has 0 radical (unpaired) electrons. The van der Waals surface area contributed by atoms with Gasteiger partial charge in [0, 0.05) is 19.1 Å². The highest BCUT2D eigenvalue weighted by molar-refractivity contribution is 5.85. The third-order valence-electron chi connectivity index (χ3n) is 5.40. The van der Waals surface area contributed by atoms with Crippen LogP contribution >= 0.6 is 12.4 Å². The fourth-order valence-corrected chi connectivity index (χ4v) is 4.14. The molecule has 0 bridgehead atoms. The van der Waals surface area contributed by atoms with Crippen LogP contribution < -0.4 is 5.73 Å². The van der Waals surface area contributed by atoms with E-state index >= 15 is 0 Å². The number of nitrogens with zero attached hydrogens (tertiary/aromatic N) is 3. The molecule has 1 aliphatic heterocycles. The van der Waals surface area contributed by atoms with Crippen molar-refractivity contribution in [2.75, 3.05) is 13.1 Å². The Morgan fingerprint density at radius 1 is 1.30 bits per heavy atom. The lowest BCUT2D eigenvalue weighted by Gasteiger charge is -2.19. The number of amides is 1. The van der Waals surface area contributed by atoms with Gasteiger partial charge in [0.15, 0.2) is 0 Å². The van der Waals surface area contributed by atoms with Crippen LogP contribution in [0.5, 0.6) is 0 Å². The van der Waals surface area contributed by atoms with E-state index in [0.717, 1.165) is 36.4 Å². The van der Waals surface area contributed by atoms with Gasteiger partial charge in [-0.05, 0) is 43.7 Å². The van der Waals surface area contributed by atoms with Crippen molar-refractivity contribution in [2.45, 2.75) is 32.4 Å². The van der Waals surface area contributed by atoms with Crippen LogP contribution in [0.15, 0.2) is 24.3 Å². The lowest BCUT2D eigenvalue weighted by Crippen LogP contribution is -2.35. The van der Waals surface area contributed by atoms with Crippen molar-refractivity contribution in [3.8, 4) is 0 Å². The van der Waals surface area contributed by atoms with Gasteiger partial charge in [0.25, 0.3) is 0 Å². The minimum atomic E-state index is 0. The molecule has 2 N–H and O–H groups in total. The summed E-state index contributed by atoms with van der Waals surface area (Å²) in [6.45, 7) is 4.04. The monoisotopic (exact) mass is 334 g/mol. The maximum Gasteiger partial charge on any atom is 0.242 e. The lowest BCUT2D eigenvalue weighted by atomic mass is 9.98. The van der Waals surface area contributed by atoms with Crippen LogP contribution in [0.1, 0.15) is 18.7 Å². The molecule has 1 amide bonds. The van der Waals surface area contributed by atoms with Crippen molar-refractivity contribution >= 4 is 29.3 Å². The predicted octanol–water partition coefficient (Wildman–Crippen LogP) is 1.96. The van der Waals surface area contributed by atoms with Gasteiger partial charge in [0.1, 0.15) is 12.4 Å². The van der Waals surface area contributed by atoms with E-state index in [0.29, 0.717) is 18.4 Å². The average molecular weight is 335 g/mol. The van der Waals surface area contributed by atoms with Crippen LogP contribution in [0.25, 0.3) is 11.0 Å². The molecule has 2 fully saturated rings. The van der Waals surface area contributed by atoms with Gasteiger partial charge in [0.2, 0.25) is 5.91 Å². The van der Waals surface area contributed by atoms with Crippen molar-refractivity contribution in [3.63, 3.8) is 0 Å². The van der Waals surface area contributed by atoms with Gasteiger partial charge < -0.3 is 15.2 Å². The zero-order valence-electron chi connectivity index (χ0n) is 13.3. The van der Waals surface area contributed by atoms with Gasteiger partial charge in [0.05, 0.1) is 11.0 Å². The minimum absolute atomic E-state index is 0. The Kier molecular flexibility index (Phi) is 4.34. The van der Waals surface area contributed by atoms with Gasteiger partial charge in [-0.3, -0.25) is 4.79 Å². The second-order valence-electron chi connectivity index (χ2n) is 6.70. The zero-order chi connectivity index (χ0) is 15.3. The van der Waals surface area contributed by atoms with Crippen molar-refractivity contribution in [3.05, 3.63) is 30.1 Å². The van der Waals surface area contributed by atoms with Gasteiger partial charge in [-0.25, -0.2) is 4.98 Å². The number of aromatic nitrogens is 2. The summed E-state index contributed by atoms with van der Waals surface area (Å²) in [5.74, 6) is 2.20. The summed E-state index contributed by atoms with van der Waals surface area (Å²) in [5.41, 5.74) is 8.15. The molecule has 6 heteroatoms. The highest BCUT2D eigenvalue weighted by Gasteiger charge is 2.42. The molecule has 1 saturated carbocycles. The van der Waals surface area contributed by atoms with E-state index in [2.05, 4.69) is 4.98 Å². The van der Waals surface area contributed by atoms with E-state index < -0.39 is 0 Å². The number of rotatable bonds is 2. The van der Waals surface area contributed by atoms with E-state index in [1.54, 1.807) is 0 Å². The van der Waals surface area contributed by atoms with Crippen LogP contribution in [0, 0.1) is 18.8 Å². The second-order valence-corrected chi connectivity index (χ2v) is 6.70. The minimum Gasteiger partial charge on any atom is -0.341 e. The van der Waals surface area contributed by atoms with Crippen molar-refractivity contribution in [1.29, 1.82) is 0 Å². The maximum atomic E-state index is 12.7. The van der Waals surface area contributed by atoms with E-state index in [1.165, 1.54) is 6.42 Å². The number of halogens is 1. The number of aryl methyl sites for hydroxylation is 1. The fourth-order valence-electron chi connectivity index (χ4n) is 4.14. The number of hydrogen-bond acceptors (Lipinski definition) is 3. The lowest BCUT2D eigenvalue weighted by molar-refractivity contribution is -0.131. The van der Waals surface area contributed by atoms with Crippen LogP contribution in [-0.2, 0) is 11.3 Å². The Hall–Kier alpha value is -1.59. The van der Waals surface area contributed by atoms with Gasteiger partial charge >= 0.3 is 0 Å². The number of hydrogen-bond donors (Lipinski definition) is 1. The van der Waals surface area contributed by atoms with E-state index in [4.69, 9.17) is 5.73 Å². The topological polar surface area (TPSA) is 64.2 Å². The molecule has 1 saturated heterocycles. The summed E-state index contributed by atoms with van der Waals surface area (Å²) in [5, 5.41) is 0.